The Labute approximate surface area is 149 Å². The molecular weight excluding hydrogens is 312 g/mol. The van der Waals surface area contributed by atoms with Crippen molar-refractivity contribution in [2.75, 3.05) is 45.2 Å². The van der Waals surface area contributed by atoms with E-state index in [0.29, 0.717) is 0 Å². The summed E-state index contributed by atoms with van der Waals surface area (Å²) in [7, 11) is 5.99. The van der Waals surface area contributed by atoms with Crippen molar-refractivity contribution < 1.29 is 0 Å². The van der Waals surface area contributed by atoms with Crippen LogP contribution in [0.15, 0.2) is 35.3 Å². The molecule has 1 saturated heterocycles. The van der Waals surface area contributed by atoms with Crippen molar-refractivity contribution in [1.29, 1.82) is 0 Å². The summed E-state index contributed by atoms with van der Waals surface area (Å²) < 4.78 is 1.66. The van der Waals surface area contributed by atoms with E-state index in [1.807, 2.05) is 26.2 Å². The van der Waals surface area contributed by atoms with Crippen molar-refractivity contribution in [1.82, 2.24) is 14.8 Å². The summed E-state index contributed by atoms with van der Waals surface area (Å²) in [6.07, 6.45) is 1.92. The number of anilines is 1. The molecule has 3 rings (SSSR count). The van der Waals surface area contributed by atoms with Gasteiger partial charge in [-0.05, 0) is 35.7 Å². The van der Waals surface area contributed by atoms with E-state index in [4.69, 9.17) is 0 Å². The molecule has 2 heterocycles. The number of benzene rings is 1. The minimum absolute atomic E-state index is 0.0620. The van der Waals surface area contributed by atoms with E-state index >= 15 is 0 Å². The standard InChI is InChI=1S/C20H28N4O/c1-15-11-18(13-23(4)20(15)25)16-5-6-17(19(12-16)22(2)3)14-24-9-7-21-8-10-24/h5-6,11-13,21H,7-10,14H2,1-4H3. The molecule has 0 unspecified atom stereocenters. The van der Waals surface area contributed by atoms with Crippen LogP contribution in [0, 0.1) is 6.92 Å². The Morgan fingerprint density at radius 2 is 1.84 bits per heavy atom. The number of piperazine rings is 1. The molecule has 1 aliphatic rings. The van der Waals surface area contributed by atoms with E-state index in [-0.39, 0.29) is 5.56 Å². The first-order chi connectivity index (χ1) is 12.0. The lowest BCUT2D eigenvalue weighted by Crippen LogP contribution is -2.43. The number of rotatable bonds is 4. The van der Waals surface area contributed by atoms with Gasteiger partial charge < -0.3 is 14.8 Å². The maximum atomic E-state index is 11.9. The number of hydrogen-bond acceptors (Lipinski definition) is 4. The quantitative estimate of drug-likeness (QED) is 0.922. The molecule has 1 N–H and O–H groups in total. The zero-order chi connectivity index (χ0) is 18.0. The van der Waals surface area contributed by atoms with Crippen molar-refractivity contribution in [3.8, 4) is 11.1 Å². The average Bonchev–Trinajstić information content (AvgIpc) is 2.60. The lowest BCUT2D eigenvalue weighted by molar-refractivity contribution is 0.233. The molecule has 0 aliphatic carbocycles. The van der Waals surface area contributed by atoms with E-state index in [2.05, 4.69) is 47.4 Å². The van der Waals surface area contributed by atoms with Gasteiger partial charge >= 0.3 is 0 Å². The van der Waals surface area contributed by atoms with Gasteiger partial charge in [-0.1, -0.05) is 12.1 Å². The molecule has 1 aromatic heterocycles. The van der Waals surface area contributed by atoms with Gasteiger partial charge in [-0.25, -0.2) is 0 Å². The Morgan fingerprint density at radius 1 is 1.12 bits per heavy atom. The lowest BCUT2D eigenvalue weighted by atomic mass is 10.0. The van der Waals surface area contributed by atoms with Crippen LogP contribution in [0.5, 0.6) is 0 Å². The number of aromatic nitrogens is 1. The molecule has 0 radical (unpaired) electrons. The van der Waals surface area contributed by atoms with Gasteiger partial charge in [0.15, 0.2) is 0 Å². The Hall–Kier alpha value is -2.11. The molecule has 0 atom stereocenters. The SMILES string of the molecule is Cc1cc(-c2ccc(CN3CCNCC3)c(N(C)C)c2)cn(C)c1=O. The molecule has 0 spiro atoms. The van der Waals surface area contributed by atoms with E-state index < -0.39 is 0 Å². The molecule has 0 saturated carbocycles. The van der Waals surface area contributed by atoms with Crippen molar-refractivity contribution in [2.45, 2.75) is 13.5 Å². The van der Waals surface area contributed by atoms with E-state index in [9.17, 15) is 4.79 Å². The number of nitrogens with zero attached hydrogens (tertiary/aromatic N) is 3. The summed E-state index contributed by atoms with van der Waals surface area (Å²) in [5, 5.41) is 3.40. The number of aryl methyl sites for hydroxylation is 2. The van der Waals surface area contributed by atoms with Crippen molar-refractivity contribution in [2.24, 2.45) is 7.05 Å². The number of pyridine rings is 1. The summed E-state index contributed by atoms with van der Waals surface area (Å²) in [6, 6.07) is 8.61. The molecule has 25 heavy (non-hydrogen) atoms. The van der Waals surface area contributed by atoms with Gasteiger partial charge in [0.05, 0.1) is 0 Å². The van der Waals surface area contributed by atoms with Gasteiger partial charge in [-0.15, -0.1) is 0 Å². The Morgan fingerprint density at radius 3 is 2.48 bits per heavy atom. The van der Waals surface area contributed by atoms with Crippen molar-refractivity contribution in [3.63, 3.8) is 0 Å². The van der Waals surface area contributed by atoms with Crippen LogP contribution in [0.3, 0.4) is 0 Å². The molecule has 0 bridgehead atoms. The molecule has 1 aromatic carbocycles. The van der Waals surface area contributed by atoms with Crippen LogP contribution < -0.4 is 15.8 Å². The largest absolute Gasteiger partial charge is 0.377 e. The first-order valence-corrected chi connectivity index (χ1v) is 8.86. The highest BCUT2D eigenvalue weighted by atomic mass is 16.1. The van der Waals surface area contributed by atoms with Crippen molar-refractivity contribution >= 4 is 5.69 Å². The van der Waals surface area contributed by atoms with Crippen LogP contribution in [0.25, 0.3) is 11.1 Å². The molecule has 5 nitrogen and oxygen atoms in total. The maximum absolute atomic E-state index is 11.9. The van der Waals surface area contributed by atoms with Crippen LogP contribution in [-0.4, -0.2) is 49.7 Å². The maximum Gasteiger partial charge on any atom is 0.253 e. The van der Waals surface area contributed by atoms with Crippen LogP contribution in [0.1, 0.15) is 11.1 Å². The fraction of sp³-hybridized carbons (Fsp3) is 0.450. The predicted octanol–water partition coefficient (Wildman–Crippen LogP) is 1.83. The van der Waals surface area contributed by atoms with E-state index in [1.54, 1.807) is 4.57 Å². The fourth-order valence-electron chi connectivity index (χ4n) is 3.44. The van der Waals surface area contributed by atoms with Gasteiger partial charge in [0.2, 0.25) is 0 Å². The van der Waals surface area contributed by atoms with Crippen LogP contribution >= 0.6 is 0 Å². The highest BCUT2D eigenvalue weighted by molar-refractivity contribution is 5.70. The van der Waals surface area contributed by atoms with Gasteiger partial charge in [-0.2, -0.15) is 0 Å². The van der Waals surface area contributed by atoms with E-state index in [1.165, 1.54) is 11.3 Å². The highest BCUT2D eigenvalue weighted by Gasteiger charge is 2.14. The molecule has 2 aromatic rings. The normalized spacial score (nSPS) is 15.4. The first-order valence-electron chi connectivity index (χ1n) is 8.86. The smallest absolute Gasteiger partial charge is 0.253 e. The second-order valence-corrected chi connectivity index (χ2v) is 7.09. The fourth-order valence-corrected chi connectivity index (χ4v) is 3.44. The third-order valence-corrected chi connectivity index (χ3v) is 4.87. The van der Waals surface area contributed by atoms with E-state index in [0.717, 1.165) is 49.4 Å². The first kappa shape index (κ1) is 17.7. The molecule has 5 heteroatoms. The van der Waals surface area contributed by atoms with Crippen molar-refractivity contribution in [3.05, 3.63) is 51.9 Å². The molecule has 134 valence electrons. The third kappa shape index (κ3) is 3.94. The summed E-state index contributed by atoms with van der Waals surface area (Å²) >= 11 is 0. The van der Waals surface area contributed by atoms with Gasteiger partial charge in [0.25, 0.3) is 5.56 Å². The Bertz CT molecular complexity index is 778. The summed E-state index contributed by atoms with van der Waals surface area (Å²) in [6.45, 7) is 7.15. The lowest BCUT2D eigenvalue weighted by Gasteiger charge is -2.29. The number of hydrogen-bond donors (Lipinski definition) is 1. The average molecular weight is 340 g/mol. The highest BCUT2D eigenvalue weighted by Crippen LogP contribution is 2.28. The monoisotopic (exact) mass is 340 g/mol. The summed E-state index contributed by atoms with van der Waals surface area (Å²) in [4.78, 5) is 16.6. The molecule has 1 fully saturated rings. The third-order valence-electron chi connectivity index (χ3n) is 4.87. The predicted molar refractivity (Wildman–Crippen MR) is 104 cm³/mol. The zero-order valence-corrected chi connectivity index (χ0v) is 15.7. The minimum Gasteiger partial charge on any atom is -0.377 e. The second kappa shape index (κ2) is 7.42. The Kier molecular flexibility index (Phi) is 5.25. The van der Waals surface area contributed by atoms with Gasteiger partial charge in [0, 0.05) is 71.3 Å². The van der Waals surface area contributed by atoms with Crippen LogP contribution in [0.2, 0.25) is 0 Å². The molecular formula is C20H28N4O. The number of nitrogens with one attached hydrogen (secondary N) is 1. The summed E-state index contributed by atoms with van der Waals surface area (Å²) in [5.74, 6) is 0. The second-order valence-electron chi connectivity index (χ2n) is 7.09. The van der Waals surface area contributed by atoms with Gasteiger partial charge in [0.1, 0.15) is 0 Å². The topological polar surface area (TPSA) is 40.5 Å². The zero-order valence-electron chi connectivity index (χ0n) is 15.7. The van der Waals surface area contributed by atoms with Crippen LogP contribution in [-0.2, 0) is 13.6 Å². The van der Waals surface area contributed by atoms with Gasteiger partial charge in [-0.3, -0.25) is 9.69 Å². The summed E-state index contributed by atoms with van der Waals surface area (Å²) in [5.41, 5.74) is 5.64. The minimum atomic E-state index is 0.0620. The molecule has 0 amide bonds. The molecule has 1 aliphatic heterocycles. The van der Waals surface area contributed by atoms with Crippen LogP contribution in [0.4, 0.5) is 5.69 Å². The Balaban J connectivity index is 1.94.